The zero-order valence-corrected chi connectivity index (χ0v) is 18.3. The maximum absolute atomic E-state index is 13.3. The van der Waals surface area contributed by atoms with Crippen molar-refractivity contribution in [1.82, 2.24) is 0 Å². The van der Waals surface area contributed by atoms with Gasteiger partial charge in [0.15, 0.2) is 11.5 Å². The van der Waals surface area contributed by atoms with Gasteiger partial charge in [-0.3, -0.25) is 4.79 Å². The fraction of sp³-hybridized carbons (Fsp3) is 0.154. The molecule has 0 atom stereocenters. The van der Waals surface area contributed by atoms with E-state index in [0.29, 0.717) is 40.7 Å². The highest BCUT2D eigenvalue weighted by atomic mass is 19.1. The minimum atomic E-state index is -0.535. The Labute approximate surface area is 191 Å². The predicted octanol–water partition coefficient (Wildman–Crippen LogP) is 5.36. The van der Waals surface area contributed by atoms with Gasteiger partial charge in [0.2, 0.25) is 0 Å². The molecule has 0 fully saturated rings. The SMILES string of the molecule is CCOc1ccc(NC(=O)/C(C#N)=C\c2ccc(OCc3cccc(F)c3)c(OC)c2)cc1. The summed E-state index contributed by atoms with van der Waals surface area (Å²) in [5, 5.41) is 12.2. The third kappa shape index (κ3) is 6.58. The largest absolute Gasteiger partial charge is 0.494 e. The van der Waals surface area contributed by atoms with Crippen molar-refractivity contribution in [3.8, 4) is 23.3 Å². The molecule has 168 valence electrons. The summed E-state index contributed by atoms with van der Waals surface area (Å²) < 4.78 is 29.8. The third-order valence-corrected chi connectivity index (χ3v) is 4.57. The van der Waals surface area contributed by atoms with Crippen LogP contribution in [-0.2, 0) is 11.4 Å². The van der Waals surface area contributed by atoms with Crippen LogP contribution in [0.25, 0.3) is 6.08 Å². The van der Waals surface area contributed by atoms with Gasteiger partial charge in [-0.2, -0.15) is 5.26 Å². The molecular formula is C26H23FN2O4. The fourth-order valence-electron chi connectivity index (χ4n) is 3.00. The van der Waals surface area contributed by atoms with Crippen LogP contribution in [0.1, 0.15) is 18.1 Å². The predicted molar refractivity (Wildman–Crippen MR) is 124 cm³/mol. The first kappa shape index (κ1) is 23.4. The fourth-order valence-corrected chi connectivity index (χ4v) is 3.00. The molecule has 0 heterocycles. The Morgan fingerprint density at radius 3 is 2.52 bits per heavy atom. The van der Waals surface area contributed by atoms with Crippen molar-refractivity contribution in [1.29, 1.82) is 5.26 Å². The molecule has 1 N–H and O–H groups in total. The Hall–Kier alpha value is -4.31. The number of rotatable bonds is 9. The van der Waals surface area contributed by atoms with Crippen molar-refractivity contribution < 1.29 is 23.4 Å². The zero-order chi connectivity index (χ0) is 23.6. The van der Waals surface area contributed by atoms with Crippen molar-refractivity contribution >= 4 is 17.7 Å². The number of ether oxygens (including phenoxy) is 3. The van der Waals surface area contributed by atoms with E-state index in [0.717, 1.165) is 0 Å². The highest BCUT2D eigenvalue weighted by molar-refractivity contribution is 6.09. The van der Waals surface area contributed by atoms with Gasteiger partial charge in [-0.25, -0.2) is 4.39 Å². The molecule has 0 aliphatic carbocycles. The van der Waals surface area contributed by atoms with Gasteiger partial charge in [0.1, 0.15) is 29.8 Å². The van der Waals surface area contributed by atoms with Crippen molar-refractivity contribution in [2.45, 2.75) is 13.5 Å². The molecule has 33 heavy (non-hydrogen) atoms. The normalized spacial score (nSPS) is 10.8. The Kier molecular flexibility index (Phi) is 8.03. The van der Waals surface area contributed by atoms with E-state index in [1.807, 2.05) is 13.0 Å². The number of carbonyl (C=O) groups is 1. The first-order valence-corrected chi connectivity index (χ1v) is 10.2. The highest BCUT2D eigenvalue weighted by Gasteiger charge is 2.12. The standard InChI is InChI=1S/C26H23FN2O4/c1-3-32-23-10-8-22(9-11-23)29-26(30)20(16-28)13-18-7-12-24(25(15-18)31-2)33-17-19-5-4-6-21(27)14-19/h4-15H,3,17H2,1-2H3,(H,29,30)/b20-13-. The van der Waals surface area contributed by atoms with E-state index in [1.165, 1.54) is 25.3 Å². The maximum Gasteiger partial charge on any atom is 0.266 e. The highest BCUT2D eigenvalue weighted by Crippen LogP contribution is 2.30. The summed E-state index contributed by atoms with van der Waals surface area (Å²) >= 11 is 0. The van der Waals surface area contributed by atoms with Crippen molar-refractivity contribution in [3.05, 3.63) is 89.2 Å². The number of methoxy groups -OCH3 is 1. The van der Waals surface area contributed by atoms with Gasteiger partial charge in [-0.05, 0) is 72.7 Å². The van der Waals surface area contributed by atoms with E-state index in [4.69, 9.17) is 14.2 Å². The van der Waals surface area contributed by atoms with Crippen LogP contribution in [0.15, 0.2) is 72.3 Å². The number of nitrogens with one attached hydrogen (secondary N) is 1. The lowest BCUT2D eigenvalue weighted by atomic mass is 10.1. The Balaban J connectivity index is 1.71. The van der Waals surface area contributed by atoms with Gasteiger partial charge in [0.25, 0.3) is 5.91 Å². The molecule has 3 aromatic carbocycles. The van der Waals surface area contributed by atoms with Crippen LogP contribution in [0, 0.1) is 17.1 Å². The second kappa shape index (κ2) is 11.3. The first-order valence-electron chi connectivity index (χ1n) is 10.2. The summed E-state index contributed by atoms with van der Waals surface area (Å²) in [6.07, 6.45) is 1.46. The summed E-state index contributed by atoms with van der Waals surface area (Å²) in [7, 11) is 1.49. The number of halogens is 1. The lowest BCUT2D eigenvalue weighted by Gasteiger charge is -2.12. The van der Waals surface area contributed by atoms with Crippen molar-refractivity contribution in [2.75, 3.05) is 19.0 Å². The number of carbonyl (C=O) groups excluding carboxylic acids is 1. The smallest absolute Gasteiger partial charge is 0.266 e. The van der Waals surface area contributed by atoms with Gasteiger partial charge >= 0.3 is 0 Å². The molecule has 0 unspecified atom stereocenters. The second-order valence-corrected chi connectivity index (χ2v) is 6.91. The molecule has 3 rings (SSSR count). The van der Waals surface area contributed by atoms with Gasteiger partial charge < -0.3 is 19.5 Å². The molecule has 0 spiro atoms. The summed E-state index contributed by atoms with van der Waals surface area (Å²) in [5.74, 6) is 0.696. The zero-order valence-electron chi connectivity index (χ0n) is 18.3. The van der Waals surface area contributed by atoms with Crippen LogP contribution in [0.5, 0.6) is 17.2 Å². The Morgan fingerprint density at radius 1 is 1.06 bits per heavy atom. The molecule has 7 heteroatoms. The molecule has 0 radical (unpaired) electrons. The monoisotopic (exact) mass is 446 g/mol. The molecule has 0 aliphatic rings. The summed E-state index contributed by atoms with van der Waals surface area (Å²) in [6.45, 7) is 2.60. The lowest BCUT2D eigenvalue weighted by molar-refractivity contribution is -0.112. The van der Waals surface area contributed by atoms with E-state index in [-0.39, 0.29) is 18.0 Å². The minimum Gasteiger partial charge on any atom is -0.494 e. The van der Waals surface area contributed by atoms with Gasteiger partial charge in [-0.15, -0.1) is 0 Å². The Bertz CT molecular complexity index is 1180. The summed E-state index contributed by atoms with van der Waals surface area (Å²) in [6, 6.07) is 20.0. The number of hydrogen-bond acceptors (Lipinski definition) is 5. The minimum absolute atomic E-state index is 0.0700. The number of nitrogens with zero attached hydrogens (tertiary/aromatic N) is 1. The number of nitriles is 1. The molecule has 0 bridgehead atoms. The topological polar surface area (TPSA) is 80.6 Å². The number of anilines is 1. The molecule has 0 saturated heterocycles. The first-order chi connectivity index (χ1) is 16.0. The molecule has 0 saturated carbocycles. The van der Waals surface area contributed by atoms with Crippen LogP contribution in [-0.4, -0.2) is 19.6 Å². The quantitative estimate of drug-likeness (QED) is 0.354. The van der Waals surface area contributed by atoms with Gasteiger partial charge in [0, 0.05) is 5.69 Å². The van der Waals surface area contributed by atoms with E-state index < -0.39 is 5.91 Å². The number of hydrogen-bond donors (Lipinski definition) is 1. The van der Waals surface area contributed by atoms with E-state index >= 15 is 0 Å². The maximum atomic E-state index is 13.3. The van der Waals surface area contributed by atoms with Gasteiger partial charge in [0.05, 0.1) is 13.7 Å². The molecular weight excluding hydrogens is 423 g/mol. The van der Waals surface area contributed by atoms with E-state index in [1.54, 1.807) is 54.6 Å². The third-order valence-electron chi connectivity index (χ3n) is 4.57. The Morgan fingerprint density at radius 2 is 1.85 bits per heavy atom. The second-order valence-electron chi connectivity index (χ2n) is 6.91. The van der Waals surface area contributed by atoms with Crippen LogP contribution in [0.3, 0.4) is 0 Å². The van der Waals surface area contributed by atoms with E-state index in [9.17, 15) is 14.4 Å². The summed E-state index contributed by atoms with van der Waals surface area (Å²) in [4.78, 5) is 12.5. The molecule has 0 aliphatic heterocycles. The number of amides is 1. The average molecular weight is 446 g/mol. The van der Waals surface area contributed by atoms with Crippen LogP contribution < -0.4 is 19.5 Å². The molecule has 3 aromatic rings. The lowest BCUT2D eigenvalue weighted by Crippen LogP contribution is -2.13. The van der Waals surface area contributed by atoms with Crippen molar-refractivity contribution in [2.24, 2.45) is 0 Å². The van der Waals surface area contributed by atoms with E-state index in [2.05, 4.69) is 5.32 Å². The van der Waals surface area contributed by atoms with Crippen LogP contribution in [0.4, 0.5) is 10.1 Å². The molecule has 6 nitrogen and oxygen atoms in total. The number of benzene rings is 3. The molecule has 1 amide bonds. The molecule has 0 aromatic heterocycles. The average Bonchev–Trinajstić information content (AvgIpc) is 2.83. The van der Waals surface area contributed by atoms with Crippen molar-refractivity contribution in [3.63, 3.8) is 0 Å². The van der Waals surface area contributed by atoms with Gasteiger partial charge in [-0.1, -0.05) is 18.2 Å². The van der Waals surface area contributed by atoms with Crippen LogP contribution >= 0.6 is 0 Å². The van der Waals surface area contributed by atoms with Crippen LogP contribution in [0.2, 0.25) is 0 Å². The summed E-state index contributed by atoms with van der Waals surface area (Å²) in [5.41, 5.74) is 1.74.